The maximum atomic E-state index is 12.3. The summed E-state index contributed by atoms with van der Waals surface area (Å²) in [6, 6.07) is 11.9. The third-order valence-corrected chi connectivity index (χ3v) is 4.77. The number of carbonyl (C=O) groups is 1. The molecule has 2 N–H and O–H groups in total. The number of nitrogens with zero attached hydrogens (tertiary/aromatic N) is 1. The minimum atomic E-state index is -0.114. The molecule has 0 saturated heterocycles. The molecule has 1 unspecified atom stereocenters. The van der Waals surface area contributed by atoms with Crippen LogP contribution >= 0.6 is 23.2 Å². The number of hydrogen-bond donors (Lipinski definition) is 2. The molecule has 6 heteroatoms. The largest absolute Gasteiger partial charge is 0.378 e. The van der Waals surface area contributed by atoms with E-state index in [-0.39, 0.29) is 5.91 Å². The number of amides is 1. The highest BCUT2D eigenvalue weighted by atomic mass is 35.5. The molecule has 25 heavy (non-hydrogen) atoms. The lowest BCUT2D eigenvalue weighted by atomic mass is 10.2. The van der Waals surface area contributed by atoms with Gasteiger partial charge in [0.2, 0.25) is 0 Å². The molecule has 2 aromatic rings. The zero-order valence-electron chi connectivity index (χ0n) is 15.0. The van der Waals surface area contributed by atoms with Gasteiger partial charge in [-0.1, -0.05) is 41.4 Å². The van der Waals surface area contributed by atoms with Crippen molar-refractivity contribution in [3.63, 3.8) is 0 Å². The number of quaternary nitrogens is 1. The van der Waals surface area contributed by atoms with E-state index in [0.29, 0.717) is 22.3 Å². The highest BCUT2D eigenvalue weighted by molar-refractivity contribution is 6.40. The van der Waals surface area contributed by atoms with Crippen LogP contribution in [-0.2, 0) is 11.3 Å². The van der Waals surface area contributed by atoms with Crippen molar-refractivity contribution in [2.24, 2.45) is 0 Å². The number of hydrogen-bond acceptors (Lipinski definition) is 2. The van der Waals surface area contributed by atoms with Crippen LogP contribution in [0.25, 0.3) is 0 Å². The van der Waals surface area contributed by atoms with Gasteiger partial charge in [0.05, 0.1) is 22.8 Å². The van der Waals surface area contributed by atoms with E-state index in [0.717, 1.165) is 22.7 Å². The van der Waals surface area contributed by atoms with E-state index in [9.17, 15) is 4.79 Å². The van der Waals surface area contributed by atoms with Crippen molar-refractivity contribution in [2.45, 2.75) is 13.5 Å². The van der Waals surface area contributed by atoms with Crippen molar-refractivity contribution in [3.8, 4) is 0 Å². The fourth-order valence-corrected chi connectivity index (χ4v) is 3.02. The summed E-state index contributed by atoms with van der Waals surface area (Å²) in [5.74, 6) is -0.114. The SMILES string of the molecule is Cc1ccc(Cl)c(NC(=O)C[NH+](C)Cc2ccc(N(C)C)cc2)c1Cl. The number of anilines is 2. The van der Waals surface area contributed by atoms with Crippen LogP contribution in [0.5, 0.6) is 0 Å². The number of carbonyl (C=O) groups excluding carboxylic acids is 1. The molecule has 0 radical (unpaired) electrons. The molecule has 0 heterocycles. The summed E-state index contributed by atoms with van der Waals surface area (Å²) < 4.78 is 0. The van der Waals surface area contributed by atoms with Crippen LogP contribution in [0.3, 0.4) is 0 Å². The fraction of sp³-hybridized carbons (Fsp3) is 0.316. The summed E-state index contributed by atoms with van der Waals surface area (Å²) in [6.45, 7) is 2.97. The van der Waals surface area contributed by atoms with Gasteiger partial charge in [-0.3, -0.25) is 4.79 Å². The molecular formula is C19H24Cl2N3O+. The molecule has 0 aliphatic heterocycles. The van der Waals surface area contributed by atoms with Gasteiger partial charge in [0.15, 0.2) is 6.54 Å². The Morgan fingerprint density at radius 3 is 2.36 bits per heavy atom. The molecule has 0 aliphatic rings. The van der Waals surface area contributed by atoms with Crippen LogP contribution in [-0.4, -0.2) is 33.6 Å². The van der Waals surface area contributed by atoms with Crippen molar-refractivity contribution in [3.05, 3.63) is 57.6 Å². The fourth-order valence-electron chi connectivity index (χ4n) is 2.55. The van der Waals surface area contributed by atoms with Crippen LogP contribution < -0.4 is 15.1 Å². The Kier molecular flexibility index (Phi) is 6.71. The minimum absolute atomic E-state index is 0.114. The lowest BCUT2D eigenvalue weighted by molar-refractivity contribution is -0.885. The molecule has 134 valence electrons. The van der Waals surface area contributed by atoms with Crippen molar-refractivity contribution >= 4 is 40.5 Å². The molecule has 1 amide bonds. The number of likely N-dealkylation sites (N-methyl/N-ethyl adjacent to an activating group) is 1. The lowest BCUT2D eigenvalue weighted by Crippen LogP contribution is -3.08. The van der Waals surface area contributed by atoms with E-state index in [1.807, 2.05) is 34.1 Å². The van der Waals surface area contributed by atoms with Gasteiger partial charge in [-0.15, -0.1) is 0 Å². The predicted octanol–water partition coefficient (Wildman–Crippen LogP) is 3.02. The number of halogens is 2. The smallest absolute Gasteiger partial charge is 0.279 e. The van der Waals surface area contributed by atoms with Crippen LogP contribution in [0.4, 0.5) is 11.4 Å². The summed E-state index contributed by atoms with van der Waals surface area (Å²) in [6.07, 6.45) is 0. The second-order valence-corrected chi connectivity index (χ2v) is 7.26. The summed E-state index contributed by atoms with van der Waals surface area (Å²) in [5, 5.41) is 3.76. The molecule has 0 aliphatic carbocycles. The molecule has 0 bridgehead atoms. The summed E-state index contributed by atoms with van der Waals surface area (Å²) >= 11 is 12.4. The topological polar surface area (TPSA) is 36.8 Å². The lowest BCUT2D eigenvalue weighted by Gasteiger charge is -2.16. The molecule has 0 spiro atoms. The standard InChI is InChI=1S/C19H23Cl2N3O/c1-13-5-10-16(20)19(18(13)21)22-17(25)12-24(4)11-14-6-8-15(9-7-14)23(2)3/h5-10H,11-12H2,1-4H3,(H,22,25)/p+1. The van der Waals surface area contributed by atoms with Crippen LogP contribution in [0.15, 0.2) is 36.4 Å². The molecule has 4 nitrogen and oxygen atoms in total. The Morgan fingerprint density at radius 1 is 1.12 bits per heavy atom. The van der Waals surface area contributed by atoms with Crippen LogP contribution in [0.2, 0.25) is 10.0 Å². The van der Waals surface area contributed by atoms with Gasteiger partial charge in [0, 0.05) is 25.3 Å². The van der Waals surface area contributed by atoms with Gasteiger partial charge in [0.1, 0.15) is 6.54 Å². The second kappa shape index (κ2) is 8.56. The van der Waals surface area contributed by atoms with Crippen LogP contribution in [0, 0.1) is 6.92 Å². The van der Waals surface area contributed by atoms with Gasteiger partial charge in [-0.05, 0) is 30.7 Å². The monoisotopic (exact) mass is 380 g/mol. The molecule has 0 saturated carbocycles. The highest BCUT2D eigenvalue weighted by Crippen LogP contribution is 2.32. The molecule has 0 aromatic heterocycles. The number of nitrogens with one attached hydrogen (secondary N) is 2. The number of benzene rings is 2. The van der Waals surface area contributed by atoms with Crippen molar-refractivity contribution in [1.82, 2.24) is 0 Å². The highest BCUT2D eigenvalue weighted by Gasteiger charge is 2.15. The predicted molar refractivity (Wildman–Crippen MR) is 106 cm³/mol. The van der Waals surface area contributed by atoms with Gasteiger partial charge in [-0.2, -0.15) is 0 Å². The van der Waals surface area contributed by atoms with Crippen molar-refractivity contribution in [2.75, 3.05) is 37.9 Å². The first-order valence-corrected chi connectivity index (χ1v) is 8.85. The van der Waals surface area contributed by atoms with E-state index >= 15 is 0 Å². The van der Waals surface area contributed by atoms with E-state index < -0.39 is 0 Å². The first kappa shape index (κ1) is 19.6. The van der Waals surface area contributed by atoms with E-state index in [4.69, 9.17) is 23.2 Å². The molecule has 0 fully saturated rings. The Balaban J connectivity index is 1.95. The maximum absolute atomic E-state index is 12.3. The Morgan fingerprint density at radius 2 is 1.76 bits per heavy atom. The Hall–Kier alpha value is -1.75. The second-order valence-electron chi connectivity index (χ2n) is 6.47. The first-order chi connectivity index (χ1) is 11.8. The van der Waals surface area contributed by atoms with Crippen molar-refractivity contribution < 1.29 is 9.69 Å². The van der Waals surface area contributed by atoms with Gasteiger partial charge >= 0.3 is 0 Å². The summed E-state index contributed by atoms with van der Waals surface area (Å²) in [5.41, 5.74) is 3.70. The molecular weight excluding hydrogens is 357 g/mol. The van der Waals surface area contributed by atoms with E-state index in [1.165, 1.54) is 5.56 Å². The molecule has 2 aromatic carbocycles. The minimum Gasteiger partial charge on any atom is -0.378 e. The summed E-state index contributed by atoms with van der Waals surface area (Å²) in [7, 11) is 6.01. The zero-order valence-corrected chi connectivity index (χ0v) is 16.5. The average molecular weight is 381 g/mol. The van der Waals surface area contributed by atoms with E-state index in [1.54, 1.807) is 6.07 Å². The normalized spacial score (nSPS) is 11.9. The average Bonchev–Trinajstić information content (AvgIpc) is 2.55. The number of rotatable bonds is 6. The molecule has 2 rings (SSSR count). The van der Waals surface area contributed by atoms with E-state index in [2.05, 4.69) is 34.5 Å². The maximum Gasteiger partial charge on any atom is 0.279 e. The third kappa shape index (κ3) is 5.36. The van der Waals surface area contributed by atoms with Gasteiger partial charge in [-0.25, -0.2) is 0 Å². The third-order valence-electron chi connectivity index (χ3n) is 3.97. The Labute approximate surface area is 159 Å². The van der Waals surface area contributed by atoms with Crippen molar-refractivity contribution in [1.29, 1.82) is 0 Å². The Bertz CT molecular complexity index is 745. The van der Waals surface area contributed by atoms with Gasteiger partial charge < -0.3 is 15.1 Å². The number of aryl methyl sites for hydroxylation is 1. The first-order valence-electron chi connectivity index (χ1n) is 8.10. The van der Waals surface area contributed by atoms with Crippen LogP contribution in [0.1, 0.15) is 11.1 Å². The summed E-state index contributed by atoms with van der Waals surface area (Å²) in [4.78, 5) is 15.5. The van der Waals surface area contributed by atoms with Gasteiger partial charge in [0.25, 0.3) is 5.91 Å². The molecule has 1 atom stereocenters. The zero-order chi connectivity index (χ0) is 18.6. The quantitative estimate of drug-likeness (QED) is 0.807.